The second-order valence-corrected chi connectivity index (χ2v) is 10.5. The summed E-state index contributed by atoms with van der Waals surface area (Å²) in [5.41, 5.74) is 2.59. The van der Waals surface area contributed by atoms with Crippen LogP contribution in [0.5, 0.6) is 11.5 Å². The van der Waals surface area contributed by atoms with Gasteiger partial charge in [0.15, 0.2) is 12.1 Å². The number of nitrogens with zero attached hydrogens (tertiary/aromatic N) is 4. The predicted octanol–water partition coefficient (Wildman–Crippen LogP) is 4.58. The Morgan fingerprint density at radius 2 is 1.42 bits per heavy atom. The number of hydrogen-bond acceptors (Lipinski definition) is 7. The number of rotatable bonds is 10. The van der Waals surface area contributed by atoms with Crippen LogP contribution in [0.3, 0.4) is 0 Å². The fourth-order valence-electron chi connectivity index (χ4n) is 5.61. The number of carbonyl (C=O) groups is 1. The number of aromatic nitrogens is 4. The van der Waals surface area contributed by atoms with Crippen molar-refractivity contribution in [2.24, 2.45) is 0 Å². The Bertz CT molecular complexity index is 1540. The number of benzene rings is 4. The maximum absolute atomic E-state index is 13.0. The molecule has 4 aromatic carbocycles. The van der Waals surface area contributed by atoms with Crippen LogP contribution in [0.4, 0.5) is 0 Å². The van der Waals surface area contributed by atoms with Crippen molar-refractivity contribution in [3.63, 3.8) is 0 Å². The summed E-state index contributed by atoms with van der Waals surface area (Å²) in [5, 5.41) is 20.3. The van der Waals surface area contributed by atoms with Crippen LogP contribution in [0.2, 0.25) is 0 Å². The van der Waals surface area contributed by atoms with E-state index in [0.29, 0.717) is 22.9 Å². The summed E-state index contributed by atoms with van der Waals surface area (Å²) in [6.45, 7) is 1.84. The number of amides is 1. The molecule has 0 radical (unpaired) electrons. The molecule has 0 atom stereocenters. The smallest absolute Gasteiger partial charge is 0.251 e. The maximum atomic E-state index is 13.0. The number of piperidine rings is 1. The Balaban J connectivity index is 1.30. The van der Waals surface area contributed by atoms with E-state index < -0.39 is 5.54 Å². The average molecular weight is 575 g/mol. The second-order valence-electron chi connectivity index (χ2n) is 10.5. The predicted molar refractivity (Wildman–Crippen MR) is 163 cm³/mol. The SMILES string of the molecule is COc1cc(OCc2nnn(C(c3ccccc3)(c3ccccc3)c3ccccc3)n2)cc(C(=O)NC2CCNCC2)c1. The summed E-state index contributed by atoms with van der Waals surface area (Å²) < 4.78 is 11.6. The third kappa shape index (κ3) is 5.98. The van der Waals surface area contributed by atoms with Crippen molar-refractivity contribution < 1.29 is 14.3 Å². The molecule has 0 aliphatic carbocycles. The zero-order chi connectivity index (χ0) is 29.5. The highest BCUT2D eigenvalue weighted by molar-refractivity contribution is 5.95. The minimum atomic E-state index is -0.870. The zero-order valence-electron chi connectivity index (χ0n) is 24.0. The first-order chi connectivity index (χ1) is 21.2. The van der Waals surface area contributed by atoms with E-state index in [2.05, 4.69) is 57.3 Å². The van der Waals surface area contributed by atoms with Crippen molar-refractivity contribution in [1.29, 1.82) is 0 Å². The molecule has 9 heteroatoms. The van der Waals surface area contributed by atoms with E-state index in [1.54, 1.807) is 30.1 Å². The zero-order valence-corrected chi connectivity index (χ0v) is 24.0. The largest absolute Gasteiger partial charge is 0.497 e. The molecule has 0 saturated carbocycles. The molecule has 218 valence electrons. The van der Waals surface area contributed by atoms with Gasteiger partial charge in [0.1, 0.15) is 11.5 Å². The van der Waals surface area contributed by atoms with Gasteiger partial charge in [-0.1, -0.05) is 91.0 Å². The van der Waals surface area contributed by atoms with Gasteiger partial charge in [0, 0.05) is 17.7 Å². The second kappa shape index (κ2) is 12.9. The Hall–Kier alpha value is -5.02. The van der Waals surface area contributed by atoms with Gasteiger partial charge in [0.25, 0.3) is 5.91 Å². The molecule has 1 aliphatic heterocycles. The van der Waals surface area contributed by atoms with Crippen LogP contribution in [-0.2, 0) is 12.1 Å². The van der Waals surface area contributed by atoms with E-state index in [9.17, 15) is 4.79 Å². The van der Waals surface area contributed by atoms with Gasteiger partial charge in [-0.3, -0.25) is 4.79 Å². The number of hydrogen-bond donors (Lipinski definition) is 2. The molecule has 43 heavy (non-hydrogen) atoms. The Labute approximate surface area is 250 Å². The van der Waals surface area contributed by atoms with Crippen molar-refractivity contribution in [2.75, 3.05) is 20.2 Å². The molecule has 2 N–H and O–H groups in total. The van der Waals surface area contributed by atoms with Crippen molar-refractivity contribution in [1.82, 2.24) is 30.8 Å². The highest BCUT2D eigenvalue weighted by atomic mass is 16.5. The van der Waals surface area contributed by atoms with Gasteiger partial charge in [-0.2, -0.15) is 0 Å². The molecular formula is C34H34N6O3. The van der Waals surface area contributed by atoms with E-state index in [1.165, 1.54) is 0 Å². The lowest BCUT2D eigenvalue weighted by Gasteiger charge is -2.34. The van der Waals surface area contributed by atoms with Gasteiger partial charge in [0.2, 0.25) is 5.82 Å². The molecule has 9 nitrogen and oxygen atoms in total. The lowest BCUT2D eigenvalue weighted by Crippen LogP contribution is -2.42. The highest BCUT2D eigenvalue weighted by Crippen LogP contribution is 2.39. The third-order valence-electron chi connectivity index (χ3n) is 7.75. The number of nitrogens with one attached hydrogen (secondary N) is 2. The van der Waals surface area contributed by atoms with Crippen LogP contribution in [0.15, 0.2) is 109 Å². The molecule has 1 aromatic heterocycles. The fraction of sp³-hybridized carbons (Fsp3) is 0.235. The van der Waals surface area contributed by atoms with E-state index in [4.69, 9.17) is 14.6 Å². The number of methoxy groups -OCH3 is 1. The lowest BCUT2D eigenvalue weighted by atomic mass is 9.77. The Morgan fingerprint density at radius 3 is 1.98 bits per heavy atom. The standard InChI is InChI=1S/C34H34N6O3/c1-42-30-21-25(33(41)36-29-17-19-35-20-18-29)22-31(23-30)43-24-32-37-39-40(38-32)34(26-11-5-2-6-12-26,27-13-7-3-8-14-27)28-15-9-4-10-16-28/h2-16,21-23,29,35H,17-20,24H2,1H3,(H,36,41). The average Bonchev–Trinajstić information content (AvgIpc) is 3.55. The molecule has 1 amide bonds. The van der Waals surface area contributed by atoms with E-state index in [0.717, 1.165) is 42.6 Å². The van der Waals surface area contributed by atoms with Gasteiger partial charge < -0.3 is 20.1 Å². The van der Waals surface area contributed by atoms with E-state index in [1.807, 2.05) is 54.6 Å². The first kappa shape index (κ1) is 28.1. The molecule has 5 aromatic rings. The van der Waals surface area contributed by atoms with E-state index >= 15 is 0 Å². The first-order valence-corrected chi connectivity index (χ1v) is 14.5. The van der Waals surface area contributed by atoms with Crippen LogP contribution < -0.4 is 20.1 Å². The van der Waals surface area contributed by atoms with Crippen molar-refractivity contribution in [3.05, 3.63) is 137 Å². The lowest BCUT2D eigenvalue weighted by molar-refractivity contribution is 0.0928. The monoisotopic (exact) mass is 574 g/mol. The molecule has 1 aliphatic rings. The van der Waals surface area contributed by atoms with Crippen LogP contribution in [0.25, 0.3) is 0 Å². The van der Waals surface area contributed by atoms with E-state index in [-0.39, 0.29) is 18.6 Å². The highest BCUT2D eigenvalue weighted by Gasteiger charge is 2.41. The maximum Gasteiger partial charge on any atom is 0.251 e. The molecule has 1 saturated heterocycles. The molecular weight excluding hydrogens is 540 g/mol. The van der Waals surface area contributed by atoms with Crippen LogP contribution in [-0.4, -0.2) is 52.4 Å². The molecule has 2 heterocycles. The van der Waals surface area contributed by atoms with Crippen molar-refractivity contribution in [2.45, 2.75) is 31.0 Å². The summed E-state index contributed by atoms with van der Waals surface area (Å²) in [6, 6.07) is 35.8. The molecule has 0 bridgehead atoms. The van der Waals surface area contributed by atoms with Crippen molar-refractivity contribution >= 4 is 5.91 Å². The molecule has 0 spiro atoms. The normalized spacial score (nSPS) is 13.8. The number of carbonyl (C=O) groups excluding carboxylic acids is 1. The van der Waals surface area contributed by atoms with Gasteiger partial charge in [-0.05, 0) is 60.0 Å². The van der Waals surface area contributed by atoms with Gasteiger partial charge in [-0.15, -0.1) is 15.0 Å². The quantitative estimate of drug-likeness (QED) is 0.235. The summed E-state index contributed by atoms with van der Waals surface area (Å²) in [4.78, 5) is 14.7. The van der Waals surface area contributed by atoms with Crippen LogP contribution in [0, 0.1) is 0 Å². The Kier molecular flexibility index (Phi) is 8.42. The summed E-state index contributed by atoms with van der Waals surface area (Å²) >= 11 is 0. The minimum Gasteiger partial charge on any atom is -0.497 e. The topological polar surface area (TPSA) is 103 Å². The minimum absolute atomic E-state index is 0.0525. The molecule has 6 rings (SSSR count). The van der Waals surface area contributed by atoms with Crippen LogP contribution in [0.1, 0.15) is 45.7 Å². The molecule has 0 unspecified atom stereocenters. The number of ether oxygens (including phenoxy) is 2. The first-order valence-electron chi connectivity index (χ1n) is 14.5. The Morgan fingerprint density at radius 1 is 0.860 bits per heavy atom. The number of tetrazole rings is 1. The summed E-state index contributed by atoms with van der Waals surface area (Å²) in [6.07, 6.45) is 1.80. The van der Waals surface area contributed by atoms with Crippen molar-refractivity contribution in [3.8, 4) is 11.5 Å². The van der Waals surface area contributed by atoms with Gasteiger partial charge in [-0.25, -0.2) is 0 Å². The van der Waals surface area contributed by atoms with Gasteiger partial charge in [0.05, 0.1) is 7.11 Å². The fourth-order valence-corrected chi connectivity index (χ4v) is 5.61. The summed E-state index contributed by atoms with van der Waals surface area (Å²) in [5.74, 6) is 1.25. The summed E-state index contributed by atoms with van der Waals surface area (Å²) in [7, 11) is 1.57. The van der Waals surface area contributed by atoms with Gasteiger partial charge >= 0.3 is 0 Å². The van der Waals surface area contributed by atoms with Crippen LogP contribution >= 0.6 is 0 Å². The third-order valence-corrected chi connectivity index (χ3v) is 7.75. The molecule has 1 fully saturated rings.